The summed E-state index contributed by atoms with van der Waals surface area (Å²) in [6.07, 6.45) is 9.53. The second-order valence-corrected chi connectivity index (χ2v) is 9.98. The molecule has 1 saturated heterocycles. The summed E-state index contributed by atoms with van der Waals surface area (Å²) >= 11 is 1.82. The largest absolute Gasteiger partial charge is 0.361 e. The summed E-state index contributed by atoms with van der Waals surface area (Å²) in [5, 5.41) is 14.4. The molecule has 2 N–H and O–H groups in total. The number of hydrogen-bond donors (Lipinski definition) is 2. The Hall–Kier alpha value is -3.44. The first-order valence-corrected chi connectivity index (χ1v) is 12.3. The van der Waals surface area contributed by atoms with Crippen molar-refractivity contribution < 1.29 is 0 Å². The van der Waals surface area contributed by atoms with Crippen LogP contribution in [0.1, 0.15) is 26.4 Å². The smallest absolute Gasteiger partial charge is 0.103 e. The summed E-state index contributed by atoms with van der Waals surface area (Å²) in [5.74, 6) is 0. The SMILES string of the molecule is Cc1c(Nc2c(C#N)cncc2/C=C/c2ccc(CN3CCN(C)CC3)s2)ccc2[nH]ccc12. The van der Waals surface area contributed by atoms with E-state index in [0.717, 1.165) is 60.7 Å². The minimum absolute atomic E-state index is 0.526. The molecule has 3 aromatic heterocycles. The predicted molar refractivity (Wildman–Crippen MR) is 141 cm³/mol. The van der Waals surface area contributed by atoms with E-state index in [9.17, 15) is 5.26 Å². The van der Waals surface area contributed by atoms with E-state index in [0.29, 0.717) is 5.56 Å². The summed E-state index contributed by atoms with van der Waals surface area (Å²) in [4.78, 5) is 15.0. The molecule has 4 heterocycles. The molecule has 0 aliphatic carbocycles. The first-order valence-electron chi connectivity index (χ1n) is 11.5. The molecule has 4 aromatic rings. The van der Waals surface area contributed by atoms with Gasteiger partial charge in [0.15, 0.2) is 0 Å². The van der Waals surface area contributed by atoms with Gasteiger partial charge in [-0.25, -0.2) is 0 Å². The average Bonchev–Trinajstić information content (AvgIpc) is 3.51. The zero-order valence-corrected chi connectivity index (χ0v) is 20.3. The van der Waals surface area contributed by atoms with Gasteiger partial charge in [-0.3, -0.25) is 9.88 Å². The number of hydrogen-bond acceptors (Lipinski definition) is 6. The van der Waals surface area contributed by atoms with Crippen LogP contribution in [0.15, 0.2) is 48.9 Å². The number of piperazine rings is 1. The van der Waals surface area contributed by atoms with Gasteiger partial charge in [-0.1, -0.05) is 0 Å². The van der Waals surface area contributed by atoms with Gasteiger partial charge in [0, 0.05) is 83.2 Å². The number of benzene rings is 1. The van der Waals surface area contributed by atoms with E-state index >= 15 is 0 Å². The molecule has 7 heteroatoms. The normalized spacial score (nSPS) is 15.2. The van der Waals surface area contributed by atoms with Crippen LogP contribution in [-0.4, -0.2) is 53.0 Å². The van der Waals surface area contributed by atoms with Gasteiger partial charge in [0.05, 0.1) is 11.3 Å². The number of thiophene rings is 1. The minimum atomic E-state index is 0.526. The van der Waals surface area contributed by atoms with Crippen LogP contribution in [0.25, 0.3) is 23.1 Å². The predicted octanol–water partition coefficient (Wildman–Crippen LogP) is 5.47. The van der Waals surface area contributed by atoms with E-state index < -0.39 is 0 Å². The molecule has 0 spiro atoms. The molecule has 172 valence electrons. The monoisotopic (exact) mass is 468 g/mol. The third kappa shape index (κ3) is 4.75. The summed E-state index contributed by atoms with van der Waals surface area (Å²) in [6.45, 7) is 7.60. The fourth-order valence-electron chi connectivity index (χ4n) is 4.35. The van der Waals surface area contributed by atoms with Crippen molar-refractivity contribution in [2.24, 2.45) is 0 Å². The van der Waals surface area contributed by atoms with E-state index in [1.807, 2.05) is 35.9 Å². The molecule has 34 heavy (non-hydrogen) atoms. The first kappa shape index (κ1) is 22.4. The van der Waals surface area contributed by atoms with Gasteiger partial charge in [0.2, 0.25) is 0 Å². The van der Waals surface area contributed by atoms with Crippen LogP contribution >= 0.6 is 11.3 Å². The van der Waals surface area contributed by atoms with Crippen molar-refractivity contribution in [3.63, 3.8) is 0 Å². The van der Waals surface area contributed by atoms with E-state index in [1.165, 1.54) is 15.1 Å². The third-order valence-electron chi connectivity index (χ3n) is 6.44. The molecule has 0 radical (unpaired) electrons. The molecule has 0 atom stereocenters. The van der Waals surface area contributed by atoms with Crippen molar-refractivity contribution in [1.82, 2.24) is 19.8 Å². The molecule has 5 rings (SSSR count). The number of aryl methyl sites for hydroxylation is 1. The van der Waals surface area contributed by atoms with Crippen LogP contribution in [0.5, 0.6) is 0 Å². The van der Waals surface area contributed by atoms with Gasteiger partial charge < -0.3 is 15.2 Å². The van der Waals surface area contributed by atoms with Gasteiger partial charge in [0.1, 0.15) is 6.07 Å². The van der Waals surface area contributed by atoms with E-state index in [1.54, 1.807) is 6.20 Å². The lowest BCUT2D eigenvalue weighted by Crippen LogP contribution is -2.43. The van der Waals surface area contributed by atoms with Crippen molar-refractivity contribution in [2.45, 2.75) is 13.5 Å². The van der Waals surface area contributed by atoms with Crippen LogP contribution in [0, 0.1) is 18.3 Å². The average molecular weight is 469 g/mol. The molecule has 0 unspecified atom stereocenters. The molecule has 0 bridgehead atoms. The Morgan fingerprint density at radius 2 is 1.97 bits per heavy atom. The Balaban J connectivity index is 1.37. The first-order chi connectivity index (χ1) is 16.6. The molecular weight excluding hydrogens is 440 g/mol. The van der Waals surface area contributed by atoms with Crippen LogP contribution in [0.3, 0.4) is 0 Å². The number of fused-ring (bicyclic) bond motifs is 1. The fraction of sp³-hybridized carbons (Fsp3) is 0.259. The van der Waals surface area contributed by atoms with E-state index in [2.05, 4.69) is 75.5 Å². The number of likely N-dealkylation sites (N-methyl/N-ethyl adjacent to an activating group) is 1. The number of nitriles is 1. The summed E-state index contributed by atoms with van der Waals surface area (Å²) in [6, 6.07) is 12.9. The molecule has 1 aliphatic rings. The highest BCUT2D eigenvalue weighted by molar-refractivity contribution is 7.12. The summed E-state index contributed by atoms with van der Waals surface area (Å²) in [5.41, 5.74) is 5.42. The highest BCUT2D eigenvalue weighted by atomic mass is 32.1. The van der Waals surface area contributed by atoms with Gasteiger partial charge in [0.25, 0.3) is 0 Å². The number of nitrogens with one attached hydrogen (secondary N) is 2. The van der Waals surface area contributed by atoms with Gasteiger partial charge in [-0.05, 0) is 62.0 Å². The summed E-state index contributed by atoms with van der Waals surface area (Å²) < 4.78 is 0. The molecule has 1 aliphatic heterocycles. The zero-order valence-electron chi connectivity index (χ0n) is 19.5. The van der Waals surface area contributed by atoms with E-state index in [-0.39, 0.29) is 0 Å². The lowest BCUT2D eigenvalue weighted by molar-refractivity contribution is 0.149. The fourth-order valence-corrected chi connectivity index (χ4v) is 5.31. The Labute approximate surface area is 204 Å². The van der Waals surface area contributed by atoms with Crippen LogP contribution < -0.4 is 5.32 Å². The maximum absolute atomic E-state index is 9.72. The number of aromatic nitrogens is 2. The van der Waals surface area contributed by atoms with Crippen LogP contribution in [0.4, 0.5) is 11.4 Å². The highest BCUT2D eigenvalue weighted by Gasteiger charge is 2.15. The topological polar surface area (TPSA) is 71.0 Å². The van der Waals surface area contributed by atoms with E-state index in [4.69, 9.17) is 0 Å². The molecular formula is C27H28N6S. The van der Waals surface area contributed by atoms with Gasteiger partial charge in [-0.2, -0.15) is 5.26 Å². The number of pyridine rings is 1. The number of nitrogens with zero attached hydrogens (tertiary/aromatic N) is 4. The number of rotatable bonds is 6. The molecule has 1 fully saturated rings. The maximum atomic E-state index is 9.72. The van der Waals surface area contributed by atoms with Crippen molar-refractivity contribution in [3.05, 3.63) is 75.4 Å². The summed E-state index contributed by atoms with van der Waals surface area (Å²) in [7, 11) is 2.19. The van der Waals surface area contributed by atoms with Crippen molar-refractivity contribution in [3.8, 4) is 6.07 Å². The van der Waals surface area contributed by atoms with Crippen molar-refractivity contribution in [1.29, 1.82) is 5.26 Å². The molecule has 0 saturated carbocycles. The van der Waals surface area contributed by atoms with Crippen molar-refractivity contribution >= 4 is 45.8 Å². The third-order valence-corrected chi connectivity index (χ3v) is 7.48. The Morgan fingerprint density at radius 1 is 1.12 bits per heavy atom. The lowest BCUT2D eigenvalue weighted by atomic mass is 10.1. The Morgan fingerprint density at radius 3 is 2.79 bits per heavy atom. The minimum Gasteiger partial charge on any atom is -0.361 e. The second-order valence-electron chi connectivity index (χ2n) is 8.78. The maximum Gasteiger partial charge on any atom is 0.103 e. The number of aromatic amines is 1. The van der Waals surface area contributed by atoms with Crippen LogP contribution in [-0.2, 0) is 6.54 Å². The second kappa shape index (κ2) is 9.82. The molecule has 0 amide bonds. The number of H-pyrrole nitrogens is 1. The highest BCUT2D eigenvalue weighted by Crippen LogP contribution is 2.31. The standard InChI is InChI=1S/C27H28N6S/c1-19-24-9-10-30-26(24)8-7-25(19)31-27-20(16-29-17-21(27)15-28)3-4-22-5-6-23(34-22)18-33-13-11-32(2)12-14-33/h3-10,16-17,30H,11-14,18H2,1-2H3,(H,29,31)/b4-3+. The Kier molecular flexibility index (Phi) is 6.45. The van der Waals surface area contributed by atoms with Gasteiger partial charge in [-0.15, -0.1) is 11.3 Å². The van der Waals surface area contributed by atoms with Crippen LogP contribution in [0.2, 0.25) is 0 Å². The molecule has 6 nitrogen and oxygen atoms in total. The zero-order chi connectivity index (χ0) is 23.5. The Bertz CT molecular complexity index is 1370. The van der Waals surface area contributed by atoms with Gasteiger partial charge >= 0.3 is 0 Å². The molecule has 1 aromatic carbocycles. The number of anilines is 2. The lowest BCUT2D eigenvalue weighted by Gasteiger charge is -2.31. The van der Waals surface area contributed by atoms with Crippen molar-refractivity contribution in [2.75, 3.05) is 38.5 Å². The quantitative estimate of drug-likeness (QED) is 0.393.